The highest BCUT2D eigenvalue weighted by Crippen LogP contribution is 2.32. The number of imidazole rings is 1. The Kier molecular flexibility index (Phi) is 3.97. The molecule has 2 aromatic heterocycles. The van der Waals surface area contributed by atoms with E-state index in [1.165, 1.54) is 0 Å². The van der Waals surface area contributed by atoms with E-state index in [1.807, 2.05) is 13.0 Å². The minimum Gasteiger partial charge on any atom is -0.489 e. The maximum Gasteiger partial charge on any atom is 0.225 e. The number of benzene rings is 2. The van der Waals surface area contributed by atoms with Crippen LogP contribution in [-0.2, 0) is 6.54 Å². The second-order valence-electron chi connectivity index (χ2n) is 7.23. The molecule has 6 heteroatoms. The van der Waals surface area contributed by atoms with Crippen molar-refractivity contribution in [3.63, 3.8) is 0 Å². The summed E-state index contributed by atoms with van der Waals surface area (Å²) in [6.07, 6.45) is 3.61. The molecule has 4 aromatic rings. The molecule has 0 radical (unpaired) electrons. The third-order valence-corrected chi connectivity index (χ3v) is 5.00. The third-order valence-electron chi connectivity index (χ3n) is 5.00. The van der Waals surface area contributed by atoms with Crippen LogP contribution in [0, 0.1) is 6.92 Å². The van der Waals surface area contributed by atoms with Gasteiger partial charge in [-0.25, -0.2) is 15.0 Å². The molecule has 3 heterocycles. The van der Waals surface area contributed by atoms with Crippen LogP contribution in [0.2, 0.25) is 0 Å². The molecule has 2 aromatic carbocycles. The molecule has 6 nitrogen and oxygen atoms in total. The minimum absolute atomic E-state index is 0.0558. The van der Waals surface area contributed by atoms with Gasteiger partial charge in [0.2, 0.25) is 5.95 Å². The molecule has 0 amide bonds. The highest BCUT2D eigenvalue weighted by atomic mass is 16.5. The molecule has 0 spiro atoms. The van der Waals surface area contributed by atoms with E-state index in [0.29, 0.717) is 6.54 Å². The van der Waals surface area contributed by atoms with Crippen molar-refractivity contribution < 1.29 is 4.74 Å². The number of H-pyrrole nitrogens is 1. The first-order valence-corrected chi connectivity index (χ1v) is 9.44. The average Bonchev–Trinajstić information content (AvgIpc) is 2.99. The summed E-state index contributed by atoms with van der Waals surface area (Å²) in [5.74, 6) is 2.58. The van der Waals surface area contributed by atoms with Gasteiger partial charge in [0.15, 0.2) is 0 Å². The van der Waals surface area contributed by atoms with Crippen LogP contribution in [0.25, 0.3) is 22.2 Å². The SMILES string of the molecule is Cc1nc2ccc(-c3ccc4c(c3)CN(c3ncccn3)CC(C)O4)cc2[nH]1. The molecular weight excluding hydrogens is 350 g/mol. The van der Waals surface area contributed by atoms with E-state index in [1.54, 1.807) is 12.4 Å². The number of aryl methyl sites for hydroxylation is 1. The summed E-state index contributed by atoms with van der Waals surface area (Å²) in [6.45, 7) is 5.50. The van der Waals surface area contributed by atoms with Crippen LogP contribution < -0.4 is 9.64 Å². The van der Waals surface area contributed by atoms with Gasteiger partial charge in [0.05, 0.1) is 17.6 Å². The van der Waals surface area contributed by atoms with Crippen molar-refractivity contribution >= 4 is 17.0 Å². The van der Waals surface area contributed by atoms with Crippen molar-refractivity contribution in [2.45, 2.75) is 26.5 Å². The number of rotatable bonds is 2. The summed E-state index contributed by atoms with van der Waals surface area (Å²) < 4.78 is 6.16. The highest BCUT2D eigenvalue weighted by molar-refractivity contribution is 5.82. The third kappa shape index (κ3) is 3.07. The monoisotopic (exact) mass is 371 g/mol. The quantitative estimate of drug-likeness (QED) is 0.574. The van der Waals surface area contributed by atoms with Crippen LogP contribution in [0.5, 0.6) is 5.75 Å². The lowest BCUT2D eigenvalue weighted by atomic mass is 10.0. The van der Waals surface area contributed by atoms with Crippen LogP contribution in [-0.4, -0.2) is 32.6 Å². The number of nitrogens with zero attached hydrogens (tertiary/aromatic N) is 4. The lowest BCUT2D eigenvalue weighted by Crippen LogP contribution is -2.32. The van der Waals surface area contributed by atoms with Crippen LogP contribution in [0.3, 0.4) is 0 Å². The maximum absolute atomic E-state index is 6.16. The van der Waals surface area contributed by atoms with Gasteiger partial charge in [0, 0.05) is 24.5 Å². The molecule has 1 atom stereocenters. The highest BCUT2D eigenvalue weighted by Gasteiger charge is 2.22. The van der Waals surface area contributed by atoms with Crippen molar-refractivity contribution in [3.8, 4) is 16.9 Å². The fourth-order valence-electron chi connectivity index (χ4n) is 3.76. The van der Waals surface area contributed by atoms with Crippen molar-refractivity contribution in [3.05, 3.63) is 66.2 Å². The molecule has 0 saturated carbocycles. The van der Waals surface area contributed by atoms with E-state index in [0.717, 1.165) is 51.8 Å². The van der Waals surface area contributed by atoms with Gasteiger partial charge < -0.3 is 14.6 Å². The molecule has 1 N–H and O–H groups in total. The number of ether oxygens (including phenoxy) is 1. The predicted molar refractivity (Wildman–Crippen MR) is 109 cm³/mol. The van der Waals surface area contributed by atoms with Gasteiger partial charge in [0.25, 0.3) is 0 Å². The molecule has 1 unspecified atom stereocenters. The Morgan fingerprint density at radius 1 is 1.07 bits per heavy atom. The summed E-state index contributed by atoms with van der Waals surface area (Å²) >= 11 is 0. The first-order valence-electron chi connectivity index (χ1n) is 9.44. The zero-order valence-corrected chi connectivity index (χ0v) is 15.9. The Hall–Kier alpha value is -3.41. The number of nitrogens with one attached hydrogen (secondary N) is 1. The van der Waals surface area contributed by atoms with Crippen molar-refractivity contribution in [1.82, 2.24) is 19.9 Å². The Balaban J connectivity index is 1.54. The first kappa shape index (κ1) is 16.7. The Morgan fingerprint density at radius 3 is 2.71 bits per heavy atom. The van der Waals surface area contributed by atoms with Gasteiger partial charge in [-0.05, 0) is 55.3 Å². The van der Waals surface area contributed by atoms with E-state index in [2.05, 4.69) is 68.2 Å². The van der Waals surface area contributed by atoms with Crippen molar-refractivity contribution in [2.24, 2.45) is 0 Å². The van der Waals surface area contributed by atoms with E-state index in [4.69, 9.17) is 4.74 Å². The molecule has 140 valence electrons. The maximum atomic E-state index is 6.16. The standard InChI is InChI=1S/C22H21N5O/c1-14-12-27(22-23-8-3-9-24-22)13-18-10-16(5-7-21(18)28-14)17-4-6-19-20(11-17)26-15(2)25-19/h3-11,14H,12-13H2,1-2H3,(H,25,26). The molecule has 28 heavy (non-hydrogen) atoms. The summed E-state index contributed by atoms with van der Waals surface area (Å²) in [4.78, 5) is 18.8. The fraction of sp³-hybridized carbons (Fsp3) is 0.227. The molecule has 0 fully saturated rings. The lowest BCUT2D eigenvalue weighted by molar-refractivity contribution is 0.232. The van der Waals surface area contributed by atoms with Gasteiger partial charge in [-0.1, -0.05) is 12.1 Å². The predicted octanol–water partition coefficient (Wildman–Crippen LogP) is 4.12. The van der Waals surface area contributed by atoms with E-state index in [9.17, 15) is 0 Å². The Morgan fingerprint density at radius 2 is 1.86 bits per heavy atom. The minimum atomic E-state index is 0.0558. The molecule has 0 aliphatic carbocycles. The number of fused-ring (bicyclic) bond motifs is 2. The zero-order chi connectivity index (χ0) is 19.1. The van der Waals surface area contributed by atoms with Gasteiger partial charge in [-0.2, -0.15) is 0 Å². The number of hydrogen-bond donors (Lipinski definition) is 1. The molecule has 0 bridgehead atoms. The second kappa shape index (κ2) is 6.64. The van der Waals surface area contributed by atoms with E-state index < -0.39 is 0 Å². The average molecular weight is 371 g/mol. The summed E-state index contributed by atoms with van der Waals surface area (Å²) in [7, 11) is 0. The molecule has 1 aliphatic rings. The van der Waals surface area contributed by atoms with E-state index >= 15 is 0 Å². The normalized spacial score (nSPS) is 16.5. The van der Waals surface area contributed by atoms with Gasteiger partial charge in [-0.3, -0.25) is 0 Å². The molecule has 0 saturated heterocycles. The first-order chi connectivity index (χ1) is 13.7. The topological polar surface area (TPSA) is 66.9 Å². The molecule has 5 rings (SSSR count). The smallest absolute Gasteiger partial charge is 0.225 e. The van der Waals surface area contributed by atoms with Crippen molar-refractivity contribution in [2.75, 3.05) is 11.4 Å². The van der Waals surface area contributed by atoms with Crippen molar-refractivity contribution in [1.29, 1.82) is 0 Å². The molecular formula is C22H21N5O. The number of aromatic nitrogens is 4. The number of aromatic amines is 1. The van der Waals surface area contributed by atoms with Crippen LogP contribution in [0.15, 0.2) is 54.9 Å². The summed E-state index contributed by atoms with van der Waals surface area (Å²) in [5.41, 5.74) is 5.48. The molecule has 1 aliphatic heterocycles. The van der Waals surface area contributed by atoms with Crippen LogP contribution in [0.1, 0.15) is 18.3 Å². The summed E-state index contributed by atoms with van der Waals surface area (Å²) in [5, 5.41) is 0. The lowest BCUT2D eigenvalue weighted by Gasteiger charge is -2.21. The van der Waals surface area contributed by atoms with Gasteiger partial charge in [0.1, 0.15) is 17.7 Å². The Labute approximate surface area is 163 Å². The van der Waals surface area contributed by atoms with Gasteiger partial charge >= 0.3 is 0 Å². The fourth-order valence-corrected chi connectivity index (χ4v) is 3.76. The summed E-state index contributed by atoms with van der Waals surface area (Å²) in [6, 6.07) is 14.5. The number of anilines is 1. The number of hydrogen-bond acceptors (Lipinski definition) is 5. The van der Waals surface area contributed by atoms with E-state index in [-0.39, 0.29) is 6.10 Å². The Bertz CT molecular complexity index is 1140. The van der Waals surface area contributed by atoms with Crippen LogP contribution >= 0.6 is 0 Å². The zero-order valence-electron chi connectivity index (χ0n) is 15.9. The van der Waals surface area contributed by atoms with Gasteiger partial charge in [-0.15, -0.1) is 0 Å². The second-order valence-corrected chi connectivity index (χ2v) is 7.23. The van der Waals surface area contributed by atoms with Crippen LogP contribution in [0.4, 0.5) is 5.95 Å². The largest absolute Gasteiger partial charge is 0.489 e.